The summed E-state index contributed by atoms with van der Waals surface area (Å²) in [5, 5.41) is 2.51. The average molecular weight is 269 g/mol. The predicted octanol–water partition coefficient (Wildman–Crippen LogP) is 3.27. The number of hydrogen-bond acceptors (Lipinski definition) is 2. The van der Waals surface area contributed by atoms with Crippen molar-refractivity contribution in [3.8, 4) is 0 Å². The fourth-order valence-electron chi connectivity index (χ4n) is 1.34. The number of hydrogen-bond donors (Lipinski definition) is 1. The highest BCUT2D eigenvalue weighted by Crippen LogP contribution is 2.20. The van der Waals surface area contributed by atoms with Crippen molar-refractivity contribution < 1.29 is 13.6 Å². The lowest BCUT2D eigenvalue weighted by molar-refractivity contribution is 0.102. The van der Waals surface area contributed by atoms with Crippen molar-refractivity contribution >= 4 is 23.2 Å². The normalized spacial score (nSPS) is 10.2. The molecule has 0 fully saturated rings. The van der Waals surface area contributed by atoms with Crippen molar-refractivity contribution in [2.45, 2.75) is 0 Å². The first-order valence-corrected chi connectivity index (χ1v) is 5.31. The molecular formula is C12H7ClF2N2O. The van der Waals surface area contributed by atoms with E-state index in [-0.39, 0.29) is 16.3 Å². The number of pyridine rings is 1. The summed E-state index contributed by atoms with van der Waals surface area (Å²) in [5.74, 6) is -2.20. The van der Waals surface area contributed by atoms with Gasteiger partial charge in [0.15, 0.2) is 5.82 Å². The fourth-order valence-corrected chi connectivity index (χ4v) is 1.51. The van der Waals surface area contributed by atoms with Gasteiger partial charge >= 0.3 is 0 Å². The lowest BCUT2D eigenvalue weighted by atomic mass is 10.2. The molecule has 0 atom stereocenters. The predicted molar refractivity (Wildman–Crippen MR) is 63.6 cm³/mol. The Hall–Kier alpha value is -2.01. The van der Waals surface area contributed by atoms with Gasteiger partial charge in [-0.15, -0.1) is 0 Å². The zero-order valence-corrected chi connectivity index (χ0v) is 9.71. The highest BCUT2D eigenvalue weighted by atomic mass is 35.5. The smallest absolute Gasteiger partial charge is 0.258 e. The summed E-state index contributed by atoms with van der Waals surface area (Å²) in [5.41, 5.74) is -0.326. The summed E-state index contributed by atoms with van der Waals surface area (Å²) in [6.45, 7) is 0. The van der Waals surface area contributed by atoms with Gasteiger partial charge in [0.25, 0.3) is 5.91 Å². The van der Waals surface area contributed by atoms with Gasteiger partial charge in [-0.25, -0.2) is 8.78 Å². The number of nitrogens with zero attached hydrogens (tertiary/aromatic N) is 1. The average Bonchev–Trinajstić information content (AvgIpc) is 2.34. The van der Waals surface area contributed by atoms with Crippen LogP contribution in [0.15, 0.2) is 36.7 Å². The molecule has 0 aliphatic rings. The molecule has 0 aliphatic carbocycles. The van der Waals surface area contributed by atoms with Crippen LogP contribution in [0, 0.1) is 11.6 Å². The fraction of sp³-hybridized carbons (Fsp3) is 0. The third-order valence-electron chi connectivity index (χ3n) is 2.19. The van der Waals surface area contributed by atoms with Crippen LogP contribution in [0.2, 0.25) is 5.02 Å². The maximum Gasteiger partial charge on any atom is 0.258 e. The largest absolute Gasteiger partial charge is 0.319 e. The van der Waals surface area contributed by atoms with E-state index in [0.717, 1.165) is 12.3 Å². The van der Waals surface area contributed by atoms with E-state index < -0.39 is 17.5 Å². The van der Waals surface area contributed by atoms with Crippen LogP contribution in [-0.4, -0.2) is 10.9 Å². The Morgan fingerprint density at radius 3 is 2.72 bits per heavy atom. The molecule has 0 saturated heterocycles. The third-order valence-corrected chi connectivity index (χ3v) is 2.43. The van der Waals surface area contributed by atoms with Crippen LogP contribution >= 0.6 is 11.6 Å². The molecule has 6 heteroatoms. The van der Waals surface area contributed by atoms with Crippen molar-refractivity contribution in [3.63, 3.8) is 0 Å². The lowest BCUT2D eigenvalue weighted by Crippen LogP contribution is -2.14. The van der Waals surface area contributed by atoms with Gasteiger partial charge in [-0.05, 0) is 24.3 Å². The Balaban J connectivity index is 2.27. The first kappa shape index (κ1) is 12.4. The first-order valence-electron chi connectivity index (χ1n) is 4.94. The van der Waals surface area contributed by atoms with Gasteiger partial charge in [-0.3, -0.25) is 9.78 Å². The second kappa shape index (κ2) is 5.10. The number of anilines is 1. The molecule has 0 spiro atoms. The molecule has 1 aromatic heterocycles. The van der Waals surface area contributed by atoms with Crippen LogP contribution in [0.25, 0.3) is 0 Å². The monoisotopic (exact) mass is 268 g/mol. The van der Waals surface area contributed by atoms with E-state index in [1.807, 2.05) is 0 Å². The Labute approximate surface area is 106 Å². The Morgan fingerprint density at radius 1 is 1.22 bits per heavy atom. The number of carbonyl (C=O) groups is 1. The van der Waals surface area contributed by atoms with E-state index in [4.69, 9.17) is 11.6 Å². The minimum atomic E-state index is -0.780. The molecule has 1 N–H and O–H groups in total. The van der Waals surface area contributed by atoms with Crippen molar-refractivity contribution in [1.29, 1.82) is 0 Å². The molecule has 1 aromatic carbocycles. The molecule has 92 valence electrons. The number of halogens is 3. The Bertz CT molecular complexity index is 604. The van der Waals surface area contributed by atoms with Crippen LogP contribution in [0.5, 0.6) is 0 Å². The summed E-state index contributed by atoms with van der Waals surface area (Å²) in [4.78, 5) is 15.2. The van der Waals surface area contributed by atoms with Crippen molar-refractivity contribution in [3.05, 3.63) is 58.9 Å². The van der Waals surface area contributed by atoms with E-state index in [0.29, 0.717) is 0 Å². The van der Waals surface area contributed by atoms with Crippen molar-refractivity contribution in [1.82, 2.24) is 4.98 Å². The quantitative estimate of drug-likeness (QED) is 0.908. The molecule has 0 saturated carbocycles. The molecule has 0 unspecified atom stereocenters. The highest BCUT2D eigenvalue weighted by Gasteiger charge is 2.13. The van der Waals surface area contributed by atoms with Crippen LogP contribution in [0.3, 0.4) is 0 Å². The van der Waals surface area contributed by atoms with E-state index in [1.165, 1.54) is 24.4 Å². The molecule has 0 radical (unpaired) electrons. The summed E-state index contributed by atoms with van der Waals surface area (Å²) in [6.07, 6.45) is 2.18. The van der Waals surface area contributed by atoms with Gasteiger partial charge in [0.1, 0.15) is 5.82 Å². The second-order valence-electron chi connectivity index (χ2n) is 3.43. The van der Waals surface area contributed by atoms with Gasteiger partial charge in [0, 0.05) is 11.2 Å². The minimum absolute atomic E-state index is 0.108. The zero-order valence-electron chi connectivity index (χ0n) is 8.95. The molecule has 2 rings (SSSR count). The highest BCUT2D eigenvalue weighted by molar-refractivity contribution is 6.31. The van der Waals surface area contributed by atoms with Crippen LogP contribution in [-0.2, 0) is 0 Å². The SMILES string of the molecule is O=C(Nc1cc(Cl)ccc1F)c1ccncc1F. The van der Waals surface area contributed by atoms with Gasteiger partial charge in [0.05, 0.1) is 17.4 Å². The second-order valence-corrected chi connectivity index (χ2v) is 3.87. The Kier molecular flexibility index (Phi) is 3.53. The molecule has 0 aliphatic heterocycles. The van der Waals surface area contributed by atoms with Crippen LogP contribution < -0.4 is 5.32 Å². The van der Waals surface area contributed by atoms with E-state index >= 15 is 0 Å². The maximum absolute atomic E-state index is 13.4. The molecule has 2 aromatic rings. The number of benzene rings is 1. The number of rotatable bonds is 2. The minimum Gasteiger partial charge on any atom is -0.319 e. The van der Waals surface area contributed by atoms with Crippen LogP contribution in [0.4, 0.5) is 14.5 Å². The third kappa shape index (κ3) is 2.62. The van der Waals surface area contributed by atoms with Gasteiger partial charge in [0.2, 0.25) is 0 Å². The molecule has 0 bridgehead atoms. The summed E-state index contributed by atoms with van der Waals surface area (Å²) < 4.78 is 26.6. The number of carbonyl (C=O) groups excluding carboxylic acids is 1. The maximum atomic E-state index is 13.4. The topological polar surface area (TPSA) is 42.0 Å². The van der Waals surface area contributed by atoms with E-state index in [2.05, 4.69) is 10.3 Å². The van der Waals surface area contributed by atoms with Crippen molar-refractivity contribution in [2.75, 3.05) is 5.32 Å². The zero-order chi connectivity index (χ0) is 13.1. The number of amides is 1. The van der Waals surface area contributed by atoms with Gasteiger partial charge in [-0.1, -0.05) is 11.6 Å². The lowest BCUT2D eigenvalue weighted by Gasteiger charge is -2.07. The summed E-state index contributed by atoms with van der Waals surface area (Å²) in [7, 11) is 0. The molecule has 18 heavy (non-hydrogen) atoms. The van der Waals surface area contributed by atoms with Gasteiger partial charge < -0.3 is 5.32 Å². The molecular weight excluding hydrogens is 262 g/mol. The van der Waals surface area contributed by atoms with Gasteiger partial charge in [-0.2, -0.15) is 0 Å². The standard InChI is InChI=1S/C12H7ClF2N2O/c13-7-1-2-9(14)11(5-7)17-12(18)8-3-4-16-6-10(8)15/h1-6H,(H,17,18). The Morgan fingerprint density at radius 2 is 2.00 bits per heavy atom. The van der Waals surface area contributed by atoms with E-state index in [9.17, 15) is 13.6 Å². The number of nitrogens with one attached hydrogen (secondary N) is 1. The molecule has 1 amide bonds. The van der Waals surface area contributed by atoms with Crippen LogP contribution in [0.1, 0.15) is 10.4 Å². The summed E-state index contributed by atoms with van der Waals surface area (Å²) in [6, 6.07) is 4.90. The van der Waals surface area contributed by atoms with E-state index in [1.54, 1.807) is 0 Å². The number of aromatic nitrogens is 1. The van der Waals surface area contributed by atoms with Crippen molar-refractivity contribution in [2.24, 2.45) is 0 Å². The molecule has 1 heterocycles. The summed E-state index contributed by atoms with van der Waals surface area (Å²) >= 11 is 5.68. The first-order chi connectivity index (χ1) is 8.58. The molecule has 3 nitrogen and oxygen atoms in total.